The number of carbonyl (C=O) groups excluding carboxylic acids is 1. The Bertz CT molecular complexity index is 354. The van der Waals surface area contributed by atoms with E-state index in [1.807, 2.05) is 12.1 Å². The van der Waals surface area contributed by atoms with Crippen molar-refractivity contribution in [3.05, 3.63) is 22.8 Å². The molecule has 0 saturated carbocycles. The van der Waals surface area contributed by atoms with Crippen LogP contribution in [0.15, 0.2) is 22.8 Å². The van der Waals surface area contributed by atoms with E-state index in [4.69, 9.17) is 0 Å². The Kier molecular flexibility index (Phi) is 2.82. The summed E-state index contributed by atoms with van der Waals surface area (Å²) in [6, 6.07) is 3.76. The molecule has 2 heterocycles. The first-order chi connectivity index (χ1) is 6.79. The molecule has 1 aromatic rings. The maximum Gasteiger partial charge on any atom is 0.228 e. The number of carbonyl (C=O) groups is 1. The second-order valence-electron chi connectivity index (χ2n) is 3.31. The van der Waals surface area contributed by atoms with Crippen molar-refractivity contribution >= 4 is 27.7 Å². The zero-order valence-corrected chi connectivity index (χ0v) is 9.33. The predicted octanol–water partition coefficient (Wildman–Crippen LogP) is 2.36. The number of hydrogen-bond donors (Lipinski definition) is 0. The van der Waals surface area contributed by atoms with E-state index in [0.29, 0.717) is 6.42 Å². The van der Waals surface area contributed by atoms with Crippen LogP contribution in [0.1, 0.15) is 19.3 Å². The highest BCUT2D eigenvalue weighted by Gasteiger charge is 2.21. The molecule has 0 aliphatic carbocycles. The van der Waals surface area contributed by atoms with E-state index in [-0.39, 0.29) is 5.91 Å². The molecule has 14 heavy (non-hydrogen) atoms. The maximum absolute atomic E-state index is 11.6. The molecule has 0 bridgehead atoms. The fourth-order valence-corrected chi connectivity index (χ4v) is 2.07. The van der Waals surface area contributed by atoms with E-state index in [9.17, 15) is 4.79 Å². The number of nitrogens with zero attached hydrogens (tertiary/aromatic N) is 2. The van der Waals surface area contributed by atoms with Crippen LogP contribution in [0.3, 0.4) is 0 Å². The first kappa shape index (κ1) is 9.65. The molecule has 3 nitrogen and oxygen atoms in total. The quantitative estimate of drug-likeness (QED) is 0.771. The molecule has 0 aromatic carbocycles. The molecule has 0 spiro atoms. The Morgan fingerprint density at radius 1 is 1.43 bits per heavy atom. The first-order valence-corrected chi connectivity index (χ1v) is 5.49. The van der Waals surface area contributed by atoms with Gasteiger partial charge in [-0.2, -0.15) is 0 Å². The normalized spacial score (nSPS) is 17.2. The third kappa shape index (κ3) is 1.80. The summed E-state index contributed by atoms with van der Waals surface area (Å²) in [6.07, 6.45) is 4.42. The average Bonchev–Trinajstić information content (AvgIpc) is 2.20. The van der Waals surface area contributed by atoms with Crippen LogP contribution in [0.2, 0.25) is 0 Å². The van der Waals surface area contributed by atoms with Crippen LogP contribution in [0, 0.1) is 0 Å². The fraction of sp³-hybridized carbons (Fsp3) is 0.400. The van der Waals surface area contributed by atoms with Gasteiger partial charge in [0.1, 0.15) is 5.82 Å². The summed E-state index contributed by atoms with van der Waals surface area (Å²) in [7, 11) is 0. The molecule has 1 aliphatic heterocycles. The van der Waals surface area contributed by atoms with E-state index < -0.39 is 0 Å². The Morgan fingerprint density at radius 3 is 3.00 bits per heavy atom. The monoisotopic (exact) mass is 254 g/mol. The summed E-state index contributed by atoms with van der Waals surface area (Å²) >= 11 is 3.40. The molecule has 1 fully saturated rings. The zero-order chi connectivity index (χ0) is 9.97. The summed E-state index contributed by atoms with van der Waals surface area (Å²) in [5.41, 5.74) is 0. The number of hydrogen-bond acceptors (Lipinski definition) is 2. The molecule has 0 atom stereocenters. The summed E-state index contributed by atoms with van der Waals surface area (Å²) in [5, 5.41) is 0. The van der Waals surface area contributed by atoms with Crippen molar-refractivity contribution in [3.8, 4) is 0 Å². The first-order valence-electron chi connectivity index (χ1n) is 4.70. The van der Waals surface area contributed by atoms with Crippen molar-refractivity contribution in [2.75, 3.05) is 11.4 Å². The molecule has 2 rings (SSSR count). The summed E-state index contributed by atoms with van der Waals surface area (Å²) in [6.45, 7) is 0.786. The lowest BCUT2D eigenvalue weighted by Gasteiger charge is -2.26. The van der Waals surface area contributed by atoms with E-state index in [1.165, 1.54) is 0 Å². The Morgan fingerprint density at radius 2 is 2.29 bits per heavy atom. The van der Waals surface area contributed by atoms with Crippen LogP contribution in [0.25, 0.3) is 0 Å². The van der Waals surface area contributed by atoms with Crippen LogP contribution in [0.4, 0.5) is 5.82 Å². The van der Waals surface area contributed by atoms with Gasteiger partial charge in [-0.05, 0) is 40.9 Å². The number of rotatable bonds is 1. The topological polar surface area (TPSA) is 33.2 Å². The van der Waals surface area contributed by atoms with Gasteiger partial charge in [0.05, 0.1) is 4.47 Å². The summed E-state index contributed by atoms with van der Waals surface area (Å²) in [4.78, 5) is 17.6. The zero-order valence-electron chi connectivity index (χ0n) is 7.74. The fourth-order valence-electron chi connectivity index (χ4n) is 1.61. The lowest BCUT2D eigenvalue weighted by molar-refractivity contribution is -0.119. The Labute approximate surface area is 91.3 Å². The van der Waals surface area contributed by atoms with Crippen molar-refractivity contribution in [1.82, 2.24) is 4.98 Å². The van der Waals surface area contributed by atoms with Crippen LogP contribution in [0.5, 0.6) is 0 Å². The number of halogens is 1. The van der Waals surface area contributed by atoms with Gasteiger partial charge in [-0.1, -0.05) is 0 Å². The molecular formula is C10H11BrN2O. The van der Waals surface area contributed by atoms with Gasteiger partial charge < -0.3 is 0 Å². The van der Waals surface area contributed by atoms with Crippen LogP contribution >= 0.6 is 15.9 Å². The molecule has 1 saturated heterocycles. The maximum atomic E-state index is 11.6. The second kappa shape index (κ2) is 4.09. The highest BCUT2D eigenvalue weighted by Crippen LogP contribution is 2.26. The highest BCUT2D eigenvalue weighted by molar-refractivity contribution is 9.10. The largest absolute Gasteiger partial charge is 0.296 e. The van der Waals surface area contributed by atoms with Gasteiger partial charge in [0.15, 0.2) is 0 Å². The van der Waals surface area contributed by atoms with Gasteiger partial charge in [0.25, 0.3) is 0 Å². The van der Waals surface area contributed by atoms with Crippen molar-refractivity contribution in [1.29, 1.82) is 0 Å². The van der Waals surface area contributed by atoms with E-state index in [0.717, 1.165) is 29.7 Å². The molecular weight excluding hydrogens is 244 g/mol. The van der Waals surface area contributed by atoms with Gasteiger partial charge in [-0.15, -0.1) is 0 Å². The minimum absolute atomic E-state index is 0.177. The SMILES string of the molecule is O=C1CCCCN1c1ncccc1Br. The van der Waals surface area contributed by atoms with Crippen LogP contribution in [-0.2, 0) is 4.79 Å². The summed E-state index contributed by atoms with van der Waals surface area (Å²) in [5.74, 6) is 0.924. The van der Waals surface area contributed by atoms with Gasteiger partial charge in [-0.3, -0.25) is 9.69 Å². The number of aromatic nitrogens is 1. The van der Waals surface area contributed by atoms with Gasteiger partial charge >= 0.3 is 0 Å². The van der Waals surface area contributed by atoms with Crippen LogP contribution < -0.4 is 4.90 Å². The van der Waals surface area contributed by atoms with Gasteiger partial charge in [-0.25, -0.2) is 4.98 Å². The van der Waals surface area contributed by atoms with Crippen molar-refractivity contribution in [2.45, 2.75) is 19.3 Å². The minimum Gasteiger partial charge on any atom is -0.296 e. The average molecular weight is 255 g/mol. The van der Waals surface area contributed by atoms with Gasteiger partial charge in [0.2, 0.25) is 5.91 Å². The minimum atomic E-state index is 0.177. The summed E-state index contributed by atoms with van der Waals surface area (Å²) < 4.78 is 0.884. The number of pyridine rings is 1. The molecule has 1 aliphatic rings. The number of piperidine rings is 1. The molecule has 1 aromatic heterocycles. The lowest BCUT2D eigenvalue weighted by Crippen LogP contribution is -2.36. The van der Waals surface area contributed by atoms with E-state index in [1.54, 1.807) is 11.1 Å². The molecule has 0 N–H and O–H groups in total. The lowest BCUT2D eigenvalue weighted by atomic mass is 10.1. The number of amides is 1. The van der Waals surface area contributed by atoms with Crippen molar-refractivity contribution in [3.63, 3.8) is 0 Å². The Hall–Kier alpha value is -0.900. The standard InChI is InChI=1S/C10H11BrN2O/c11-8-4-3-6-12-10(8)13-7-2-1-5-9(13)14/h3-4,6H,1-2,5,7H2. The van der Waals surface area contributed by atoms with Crippen molar-refractivity contribution in [2.24, 2.45) is 0 Å². The molecule has 0 radical (unpaired) electrons. The molecule has 4 heteroatoms. The second-order valence-corrected chi connectivity index (χ2v) is 4.17. The highest BCUT2D eigenvalue weighted by atomic mass is 79.9. The molecule has 1 amide bonds. The van der Waals surface area contributed by atoms with E-state index in [2.05, 4.69) is 20.9 Å². The number of anilines is 1. The van der Waals surface area contributed by atoms with Crippen molar-refractivity contribution < 1.29 is 4.79 Å². The van der Waals surface area contributed by atoms with Crippen LogP contribution in [-0.4, -0.2) is 17.4 Å². The Balaban J connectivity index is 2.29. The predicted molar refractivity (Wildman–Crippen MR) is 58.1 cm³/mol. The third-order valence-corrected chi connectivity index (χ3v) is 2.94. The third-order valence-electron chi connectivity index (χ3n) is 2.32. The van der Waals surface area contributed by atoms with E-state index >= 15 is 0 Å². The smallest absolute Gasteiger partial charge is 0.228 e. The molecule has 74 valence electrons. The molecule has 0 unspecified atom stereocenters. The van der Waals surface area contributed by atoms with Gasteiger partial charge in [0, 0.05) is 19.2 Å².